The first-order chi connectivity index (χ1) is 10.0. The Labute approximate surface area is 129 Å². The van der Waals surface area contributed by atoms with Crippen LogP contribution in [-0.2, 0) is 0 Å². The fraction of sp³-hybridized carbons (Fsp3) is 0.667. The first-order valence-electron chi connectivity index (χ1n) is 8.26. The summed E-state index contributed by atoms with van der Waals surface area (Å²) in [4.78, 5) is 5.19. The van der Waals surface area contributed by atoms with E-state index in [9.17, 15) is 0 Å². The smallest absolute Gasteiger partial charge is 0.0473 e. The van der Waals surface area contributed by atoms with Gasteiger partial charge in [0.1, 0.15) is 0 Å². The van der Waals surface area contributed by atoms with Crippen molar-refractivity contribution >= 4 is 0 Å². The van der Waals surface area contributed by atoms with Crippen LogP contribution in [0.4, 0.5) is 0 Å². The van der Waals surface area contributed by atoms with Crippen LogP contribution in [0.1, 0.15) is 31.9 Å². The Bertz CT molecular complexity index is 457. The molecular weight excluding hydrogens is 258 g/mol. The van der Waals surface area contributed by atoms with E-state index in [4.69, 9.17) is 0 Å². The average Bonchev–Trinajstić information content (AvgIpc) is 2.84. The van der Waals surface area contributed by atoms with Gasteiger partial charge in [0.25, 0.3) is 0 Å². The minimum Gasteiger partial charge on any atom is -0.309 e. The maximum Gasteiger partial charge on any atom is 0.0473 e. The van der Waals surface area contributed by atoms with Crippen molar-refractivity contribution in [3.63, 3.8) is 0 Å². The van der Waals surface area contributed by atoms with Crippen molar-refractivity contribution in [3.05, 3.63) is 35.9 Å². The first-order valence-corrected chi connectivity index (χ1v) is 8.26. The van der Waals surface area contributed by atoms with Gasteiger partial charge < -0.3 is 10.2 Å². The Hall–Kier alpha value is -0.900. The zero-order valence-electron chi connectivity index (χ0n) is 13.7. The number of nitrogens with one attached hydrogen (secondary N) is 1. The van der Waals surface area contributed by atoms with Gasteiger partial charge in [0.15, 0.2) is 0 Å². The summed E-state index contributed by atoms with van der Waals surface area (Å²) in [5.74, 6) is 0.829. The minimum absolute atomic E-state index is 0.218. The van der Waals surface area contributed by atoms with Crippen LogP contribution in [0, 0.1) is 5.92 Å². The summed E-state index contributed by atoms with van der Waals surface area (Å²) < 4.78 is 0. The zero-order valence-corrected chi connectivity index (χ0v) is 13.7. The van der Waals surface area contributed by atoms with E-state index in [0.717, 1.165) is 19.0 Å². The summed E-state index contributed by atoms with van der Waals surface area (Å²) in [5, 5.41) is 3.72. The Morgan fingerprint density at radius 1 is 1.24 bits per heavy atom. The molecule has 0 saturated carbocycles. The summed E-state index contributed by atoms with van der Waals surface area (Å²) in [5.41, 5.74) is 1.67. The molecule has 3 nitrogen and oxygen atoms in total. The molecule has 116 valence electrons. The van der Waals surface area contributed by atoms with Crippen molar-refractivity contribution in [3.8, 4) is 0 Å². The largest absolute Gasteiger partial charge is 0.309 e. The molecule has 1 aromatic rings. The van der Waals surface area contributed by atoms with E-state index in [0.29, 0.717) is 6.04 Å². The minimum atomic E-state index is 0.218. The van der Waals surface area contributed by atoms with Gasteiger partial charge in [-0.3, -0.25) is 4.90 Å². The van der Waals surface area contributed by atoms with Gasteiger partial charge in [-0.2, -0.15) is 0 Å². The van der Waals surface area contributed by atoms with Gasteiger partial charge in [-0.05, 0) is 45.3 Å². The molecule has 2 aliphatic heterocycles. The van der Waals surface area contributed by atoms with Crippen LogP contribution in [-0.4, -0.2) is 55.1 Å². The Balaban J connectivity index is 1.74. The lowest BCUT2D eigenvalue weighted by Crippen LogP contribution is -2.58. The standard InChI is InChI=1S/C18H29N3/c1-18(2)14-21(13-15-9-10-20(3)12-15)17(11-19-18)16-7-5-4-6-8-16/h4-8,15,17,19H,9-14H2,1-3H3. The Morgan fingerprint density at radius 2 is 2.00 bits per heavy atom. The molecule has 0 amide bonds. The maximum atomic E-state index is 3.72. The molecule has 21 heavy (non-hydrogen) atoms. The van der Waals surface area contributed by atoms with Gasteiger partial charge in [-0.1, -0.05) is 30.3 Å². The molecule has 2 fully saturated rings. The highest BCUT2D eigenvalue weighted by Crippen LogP contribution is 2.29. The van der Waals surface area contributed by atoms with Crippen LogP contribution in [0.15, 0.2) is 30.3 Å². The van der Waals surface area contributed by atoms with Gasteiger partial charge in [0, 0.05) is 37.8 Å². The van der Waals surface area contributed by atoms with Gasteiger partial charge >= 0.3 is 0 Å². The Kier molecular flexibility index (Phi) is 4.34. The molecule has 2 aliphatic rings. The van der Waals surface area contributed by atoms with Crippen molar-refractivity contribution in [2.45, 2.75) is 31.8 Å². The highest BCUT2D eigenvalue weighted by molar-refractivity contribution is 5.20. The van der Waals surface area contributed by atoms with Gasteiger partial charge in [0.05, 0.1) is 0 Å². The van der Waals surface area contributed by atoms with E-state index < -0.39 is 0 Å². The SMILES string of the molecule is CN1CCC(CN2CC(C)(C)NCC2c2ccccc2)C1. The third-order valence-corrected chi connectivity index (χ3v) is 4.98. The second-order valence-electron chi connectivity index (χ2n) is 7.54. The van der Waals surface area contributed by atoms with E-state index in [1.165, 1.54) is 31.6 Å². The molecule has 2 unspecified atom stereocenters. The van der Waals surface area contributed by atoms with Crippen LogP contribution in [0.5, 0.6) is 0 Å². The third-order valence-electron chi connectivity index (χ3n) is 4.98. The Morgan fingerprint density at radius 3 is 2.67 bits per heavy atom. The second-order valence-corrected chi connectivity index (χ2v) is 7.54. The lowest BCUT2D eigenvalue weighted by Gasteiger charge is -2.45. The molecule has 3 rings (SSSR count). The van der Waals surface area contributed by atoms with Crippen LogP contribution in [0.3, 0.4) is 0 Å². The lowest BCUT2D eigenvalue weighted by atomic mass is 9.93. The molecule has 0 radical (unpaired) electrons. The number of hydrogen-bond donors (Lipinski definition) is 1. The highest BCUT2D eigenvalue weighted by Gasteiger charge is 2.35. The predicted octanol–water partition coefficient (Wildman–Crippen LogP) is 2.36. The van der Waals surface area contributed by atoms with Crippen LogP contribution in [0.25, 0.3) is 0 Å². The van der Waals surface area contributed by atoms with Gasteiger partial charge in [-0.25, -0.2) is 0 Å². The van der Waals surface area contributed by atoms with Crippen molar-refractivity contribution < 1.29 is 0 Å². The third kappa shape index (κ3) is 3.65. The summed E-state index contributed by atoms with van der Waals surface area (Å²) in [6.45, 7) is 10.6. The molecule has 2 heterocycles. The molecule has 1 N–H and O–H groups in total. The predicted molar refractivity (Wildman–Crippen MR) is 88.4 cm³/mol. The molecule has 2 saturated heterocycles. The maximum absolute atomic E-state index is 3.72. The van der Waals surface area contributed by atoms with E-state index >= 15 is 0 Å². The van der Waals surface area contributed by atoms with E-state index in [-0.39, 0.29) is 5.54 Å². The van der Waals surface area contributed by atoms with Crippen molar-refractivity contribution in [1.29, 1.82) is 0 Å². The second kappa shape index (κ2) is 6.07. The number of likely N-dealkylation sites (tertiary alicyclic amines) is 1. The van der Waals surface area contributed by atoms with Crippen LogP contribution >= 0.6 is 0 Å². The summed E-state index contributed by atoms with van der Waals surface area (Å²) in [6, 6.07) is 11.5. The first kappa shape index (κ1) is 15.0. The normalized spacial score (nSPS) is 30.6. The van der Waals surface area contributed by atoms with Gasteiger partial charge in [0.2, 0.25) is 0 Å². The zero-order chi connectivity index (χ0) is 14.9. The molecule has 0 aromatic heterocycles. The lowest BCUT2D eigenvalue weighted by molar-refractivity contribution is 0.0799. The molecular formula is C18H29N3. The molecule has 3 heteroatoms. The highest BCUT2D eigenvalue weighted by atomic mass is 15.3. The number of rotatable bonds is 3. The monoisotopic (exact) mass is 287 g/mol. The topological polar surface area (TPSA) is 18.5 Å². The van der Waals surface area contributed by atoms with Crippen LogP contribution < -0.4 is 5.32 Å². The number of nitrogens with zero attached hydrogens (tertiary/aromatic N) is 2. The van der Waals surface area contributed by atoms with Gasteiger partial charge in [-0.15, -0.1) is 0 Å². The summed E-state index contributed by atoms with van der Waals surface area (Å²) >= 11 is 0. The molecule has 0 aliphatic carbocycles. The average molecular weight is 287 g/mol. The van der Waals surface area contributed by atoms with E-state index in [1.807, 2.05) is 0 Å². The quantitative estimate of drug-likeness (QED) is 0.921. The van der Waals surface area contributed by atoms with Crippen molar-refractivity contribution in [2.24, 2.45) is 5.92 Å². The fourth-order valence-electron chi connectivity index (χ4n) is 3.88. The number of hydrogen-bond acceptors (Lipinski definition) is 3. The van der Waals surface area contributed by atoms with E-state index in [2.05, 4.69) is 66.3 Å². The summed E-state index contributed by atoms with van der Waals surface area (Å²) in [7, 11) is 2.25. The van der Waals surface area contributed by atoms with Crippen LogP contribution in [0.2, 0.25) is 0 Å². The summed E-state index contributed by atoms with van der Waals surface area (Å²) in [6.07, 6.45) is 1.35. The molecule has 0 spiro atoms. The molecule has 2 atom stereocenters. The molecule has 1 aromatic carbocycles. The molecule has 0 bridgehead atoms. The number of benzene rings is 1. The van der Waals surface area contributed by atoms with E-state index in [1.54, 1.807) is 0 Å². The van der Waals surface area contributed by atoms with Crippen molar-refractivity contribution in [2.75, 3.05) is 39.8 Å². The number of piperazine rings is 1. The van der Waals surface area contributed by atoms with Crippen molar-refractivity contribution in [1.82, 2.24) is 15.1 Å². The fourth-order valence-corrected chi connectivity index (χ4v) is 3.88.